The molecule has 3 aromatic heterocycles. The number of aromatic nitrogens is 5. The third-order valence-corrected chi connectivity index (χ3v) is 6.15. The van der Waals surface area contributed by atoms with Gasteiger partial charge in [-0.2, -0.15) is 5.10 Å². The molecule has 8 nitrogen and oxygen atoms in total. The third-order valence-electron chi connectivity index (χ3n) is 4.39. The molecule has 156 valence electrons. The fourth-order valence-electron chi connectivity index (χ4n) is 2.99. The van der Waals surface area contributed by atoms with Crippen molar-refractivity contribution < 1.29 is 4.79 Å². The summed E-state index contributed by atoms with van der Waals surface area (Å²) in [5.74, 6) is 1.53. The second kappa shape index (κ2) is 9.40. The van der Waals surface area contributed by atoms with Crippen molar-refractivity contribution >= 4 is 56.1 Å². The molecule has 3 heterocycles. The monoisotopic (exact) mass is 441 g/mol. The number of thiazole rings is 1. The summed E-state index contributed by atoms with van der Waals surface area (Å²) < 4.78 is 2.82. The minimum absolute atomic E-state index is 0.171. The smallest absolute Gasteiger partial charge is 0.280 e. The van der Waals surface area contributed by atoms with E-state index in [0.717, 1.165) is 50.9 Å². The van der Waals surface area contributed by atoms with E-state index in [-0.39, 0.29) is 5.91 Å². The lowest BCUT2D eigenvalue weighted by Crippen LogP contribution is -2.27. The molecule has 0 aliphatic rings. The highest BCUT2D eigenvalue weighted by atomic mass is 32.2. The van der Waals surface area contributed by atoms with E-state index in [9.17, 15) is 4.79 Å². The first-order chi connectivity index (χ1) is 14.7. The third kappa shape index (κ3) is 4.39. The number of hydrogen-bond donors (Lipinski definition) is 2. The summed E-state index contributed by atoms with van der Waals surface area (Å²) in [5.41, 5.74) is 1.62. The number of hydrogen-bond acceptors (Lipinski definition) is 8. The minimum atomic E-state index is -0.171. The Bertz CT molecular complexity index is 1140. The Hall–Kier alpha value is -2.72. The fourth-order valence-corrected chi connectivity index (χ4v) is 4.44. The SMILES string of the molecule is CCCNc1nc(SCC)nc2c1cnn2CCNC(=O)c1nc2ccccc2s1. The summed E-state index contributed by atoms with van der Waals surface area (Å²) >= 11 is 2.99. The summed E-state index contributed by atoms with van der Waals surface area (Å²) in [6.07, 6.45) is 2.79. The molecule has 0 aliphatic carbocycles. The molecule has 0 saturated heterocycles. The largest absolute Gasteiger partial charge is 0.369 e. The van der Waals surface area contributed by atoms with E-state index in [2.05, 4.69) is 44.5 Å². The van der Waals surface area contributed by atoms with E-state index in [0.29, 0.717) is 18.1 Å². The van der Waals surface area contributed by atoms with Crippen molar-refractivity contribution in [2.75, 3.05) is 24.2 Å². The zero-order valence-corrected chi connectivity index (χ0v) is 18.5. The van der Waals surface area contributed by atoms with E-state index in [4.69, 9.17) is 0 Å². The van der Waals surface area contributed by atoms with Gasteiger partial charge in [0, 0.05) is 13.1 Å². The molecule has 0 atom stereocenters. The molecule has 30 heavy (non-hydrogen) atoms. The molecule has 2 N–H and O–H groups in total. The lowest BCUT2D eigenvalue weighted by atomic mass is 10.3. The number of para-hydroxylation sites is 1. The van der Waals surface area contributed by atoms with Gasteiger partial charge < -0.3 is 10.6 Å². The lowest BCUT2D eigenvalue weighted by Gasteiger charge is -2.09. The maximum atomic E-state index is 12.5. The molecule has 10 heteroatoms. The molecule has 0 spiro atoms. The van der Waals surface area contributed by atoms with Crippen LogP contribution in [-0.4, -0.2) is 49.5 Å². The number of nitrogens with zero attached hydrogens (tertiary/aromatic N) is 5. The first-order valence-electron chi connectivity index (χ1n) is 9.93. The number of carbonyl (C=O) groups excluding carboxylic acids is 1. The van der Waals surface area contributed by atoms with Crippen molar-refractivity contribution in [3.63, 3.8) is 0 Å². The van der Waals surface area contributed by atoms with Crippen molar-refractivity contribution in [2.45, 2.75) is 32.0 Å². The van der Waals surface area contributed by atoms with Gasteiger partial charge in [-0.3, -0.25) is 4.79 Å². The van der Waals surface area contributed by atoms with Crippen LogP contribution >= 0.6 is 23.1 Å². The molecule has 1 aromatic carbocycles. The van der Waals surface area contributed by atoms with E-state index >= 15 is 0 Å². The number of fused-ring (bicyclic) bond motifs is 2. The summed E-state index contributed by atoms with van der Waals surface area (Å²) in [5, 5.41) is 12.9. The van der Waals surface area contributed by atoms with Crippen LogP contribution in [0.3, 0.4) is 0 Å². The van der Waals surface area contributed by atoms with Gasteiger partial charge in [0.2, 0.25) is 0 Å². The first-order valence-corrected chi connectivity index (χ1v) is 11.7. The number of benzene rings is 1. The molecule has 0 unspecified atom stereocenters. The molecular formula is C20H23N7OS2. The Kier molecular flexibility index (Phi) is 6.44. The van der Waals surface area contributed by atoms with Crippen LogP contribution in [0, 0.1) is 0 Å². The van der Waals surface area contributed by atoms with Gasteiger partial charge in [0.1, 0.15) is 5.82 Å². The van der Waals surface area contributed by atoms with E-state index in [1.165, 1.54) is 11.3 Å². The topological polar surface area (TPSA) is 97.6 Å². The van der Waals surface area contributed by atoms with Crippen molar-refractivity contribution in [2.24, 2.45) is 0 Å². The number of rotatable bonds is 9. The predicted molar refractivity (Wildman–Crippen MR) is 122 cm³/mol. The van der Waals surface area contributed by atoms with Crippen molar-refractivity contribution in [3.8, 4) is 0 Å². The highest BCUT2D eigenvalue weighted by Gasteiger charge is 2.14. The van der Waals surface area contributed by atoms with Crippen LogP contribution in [0.15, 0.2) is 35.6 Å². The van der Waals surface area contributed by atoms with E-state index in [1.54, 1.807) is 18.0 Å². The number of nitrogens with one attached hydrogen (secondary N) is 2. The Morgan fingerprint density at radius 1 is 1.17 bits per heavy atom. The Balaban J connectivity index is 1.47. The standard InChI is InChI=1S/C20H23N7OS2/c1-3-9-21-16-13-12-23-27(17(13)26-20(25-16)29-4-2)11-10-22-18(28)19-24-14-7-5-6-8-15(14)30-19/h5-8,12H,3-4,9-11H2,1-2H3,(H,22,28)(H,21,25,26). The Morgan fingerprint density at radius 2 is 2.03 bits per heavy atom. The molecule has 0 bridgehead atoms. The molecule has 0 saturated carbocycles. The number of anilines is 1. The van der Waals surface area contributed by atoms with Gasteiger partial charge in [0.25, 0.3) is 5.91 Å². The molecule has 0 radical (unpaired) electrons. The lowest BCUT2D eigenvalue weighted by molar-refractivity contribution is 0.0952. The summed E-state index contributed by atoms with van der Waals surface area (Å²) in [6, 6.07) is 7.74. The number of thioether (sulfide) groups is 1. The van der Waals surface area contributed by atoms with Crippen LogP contribution in [0.5, 0.6) is 0 Å². The Morgan fingerprint density at radius 3 is 2.83 bits per heavy atom. The van der Waals surface area contributed by atoms with Gasteiger partial charge in [0.15, 0.2) is 15.8 Å². The van der Waals surface area contributed by atoms with Crippen LogP contribution in [0.1, 0.15) is 30.1 Å². The summed E-state index contributed by atoms with van der Waals surface area (Å²) in [6.45, 7) is 5.98. The molecule has 0 fully saturated rings. The predicted octanol–water partition coefficient (Wildman–Crippen LogP) is 3.80. The maximum Gasteiger partial charge on any atom is 0.280 e. The molecule has 0 aliphatic heterocycles. The van der Waals surface area contributed by atoms with Crippen LogP contribution in [-0.2, 0) is 6.54 Å². The van der Waals surface area contributed by atoms with Gasteiger partial charge in [-0.05, 0) is 24.3 Å². The zero-order chi connectivity index (χ0) is 20.9. The van der Waals surface area contributed by atoms with Crippen LogP contribution in [0.2, 0.25) is 0 Å². The number of amides is 1. The van der Waals surface area contributed by atoms with Gasteiger partial charge in [-0.1, -0.05) is 37.7 Å². The van der Waals surface area contributed by atoms with Crippen molar-refractivity contribution in [3.05, 3.63) is 35.5 Å². The van der Waals surface area contributed by atoms with Crippen LogP contribution in [0.25, 0.3) is 21.3 Å². The van der Waals surface area contributed by atoms with Gasteiger partial charge in [0.05, 0.1) is 28.3 Å². The average molecular weight is 442 g/mol. The van der Waals surface area contributed by atoms with Gasteiger partial charge in [-0.25, -0.2) is 19.6 Å². The van der Waals surface area contributed by atoms with E-state index in [1.807, 2.05) is 28.9 Å². The maximum absolute atomic E-state index is 12.5. The van der Waals surface area contributed by atoms with Crippen LogP contribution < -0.4 is 10.6 Å². The second-order valence-corrected chi connectivity index (χ2v) is 8.82. The highest BCUT2D eigenvalue weighted by Crippen LogP contribution is 2.24. The molecule has 4 aromatic rings. The van der Waals surface area contributed by atoms with Crippen LogP contribution in [0.4, 0.5) is 5.82 Å². The average Bonchev–Trinajstić information content (AvgIpc) is 3.37. The number of carbonyl (C=O) groups is 1. The zero-order valence-electron chi connectivity index (χ0n) is 16.9. The van der Waals surface area contributed by atoms with Crippen molar-refractivity contribution in [1.29, 1.82) is 0 Å². The summed E-state index contributed by atoms with van der Waals surface area (Å²) in [7, 11) is 0. The summed E-state index contributed by atoms with van der Waals surface area (Å²) in [4.78, 5) is 26.2. The molecular weight excluding hydrogens is 418 g/mol. The normalized spacial score (nSPS) is 11.3. The highest BCUT2D eigenvalue weighted by molar-refractivity contribution is 7.99. The first kappa shape index (κ1) is 20.5. The van der Waals surface area contributed by atoms with Gasteiger partial charge >= 0.3 is 0 Å². The minimum Gasteiger partial charge on any atom is -0.369 e. The molecule has 1 amide bonds. The Labute approximate surface area is 182 Å². The quantitative estimate of drug-likeness (QED) is 0.301. The second-order valence-electron chi connectivity index (χ2n) is 6.56. The molecule has 4 rings (SSSR count). The van der Waals surface area contributed by atoms with Gasteiger partial charge in [-0.15, -0.1) is 11.3 Å². The van der Waals surface area contributed by atoms with E-state index < -0.39 is 0 Å². The van der Waals surface area contributed by atoms with Crippen molar-refractivity contribution in [1.82, 2.24) is 30.0 Å². The fraction of sp³-hybridized carbons (Fsp3) is 0.350.